The number of benzene rings is 2. The van der Waals surface area contributed by atoms with Gasteiger partial charge in [-0.2, -0.15) is 18.3 Å². The number of rotatable bonds is 5. The lowest BCUT2D eigenvalue weighted by Gasteiger charge is -2.38. The number of nitrogens with one attached hydrogen (secondary N) is 2. The van der Waals surface area contributed by atoms with Gasteiger partial charge in [-0.05, 0) is 72.6 Å². The van der Waals surface area contributed by atoms with Crippen molar-refractivity contribution >= 4 is 56.8 Å². The molecule has 4 heterocycles. The minimum Gasteiger partial charge on any atom is -0.369 e. The van der Waals surface area contributed by atoms with Crippen molar-refractivity contribution in [1.82, 2.24) is 20.0 Å². The number of carbonyl (C=O) groups is 5. The van der Waals surface area contributed by atoms with Gasteiger partial charge in [0.2, 0.25) is 11.8 Å². The predicted molar refractivity (Wildman–Crippen MR) is 165 cm³/mol. The molecule has 1 aromatic heterocycles. The number of hydrogen-bond donors (Lipinski definition) is 2. The molecular weight excluding hydrogens is 685 g/mol. The zero-order chi connectivity index (χ0) is 33.8. The monoisotopic (exact) mass is 710 g/mol. The van der Waals surface area contributed by atoms with Crippen LogP contribution in [0, 0.1) is 17.8 Å². The second-order valence-corrected chi connectivity index (χ2v) is 12.8. The van der Waals surface area contributed by atoms with Crippen molar-refractivity contribution in [3.8, 4) is 11.8 Å². The summed E-state index contributed by atoms with van der Waals surface area (Å²) >= 11 is 3.09. The van der Waals surface area contributed by atoms with E-state index in [1.54, 1.807) is 38.2 Å². The minimum atomic E-state index is -4.51. The highest BCUT2D eigenvalue weighted by atomic mass is 79.9. The SMILES string of the molecule is CC(C)(C(=O)Nc1ccc(C(F)(F)F)cc1Br)n1cc(C#CC2CN(c3ccc4c(c3)C(=O)N(C3CCC(=O)NC3=O)C4=O)C2)cn1. The number of nitrogens with zero attached hydrogens (tertiary/aromatic N) is 4. The number of hydrogen-bond acceptors (Lipinski definition) is 7. The fourth-order valence-corrected chi connectivity index (χ4v) is 5.96. The molecule has 5 amide bonds. The van der Waals surface area contributed by atoms with Crippen molar-refractivity contribution in [2.45, 2.75) is 44.4 Å². The first-order valence-electron chi connectivity index (χ1n) is 14.5. The first-order chi connectivity index (χ1) is 22.1. The van der Waals surface area contributed by atoms with Crippen LogP contribution in [-0.4, -0.2) is 63.3 Å². The summed E-state index contributed by atoms with van der Waals surface area (Å²) in [6.07, 6.45) is -1.25. The average molecular weight is 711 g/mol. The van der Waals surface area contributed by atoms with Crippen LogP contribution >= 0.6 is 15.9 Å². The van der Waals surface area contributed by atoms with E-state index in [0.29, 0.717) is 18.7 Å². The summed E-state index contributed by atoms with van der Waals surface area (Å²) in [5.41, 5.74) is -0.149. The normalized spacial score (nSPS) is 18.4. The van der Waals surface area contributed by atoms with E-state index in [-0.39, 0.29) is 40.0 Å². The Balaban J connectivity index is 1.07. The molecule has 47 heavy (non-hydrogen) atoms. The fourth-order valence-electron chi connectivity index (χ4n) is 5.49. The van der Waals surface area contributed by atoms with Crippen LogP contribution in [0.5, 0.6) is 0 Å². The van der Waals surface area contributed by atoms with Gasteiger partial charge in [-0.25, -0.2) is 0 Å². The molecule has 15 heteroatoms. The van der Waals surface area contributed by atoms with Crippen molar-refractivity contribution in [3.63, 3.8) is 0 Å². The third-order valence-electron chi connectivity index (χ3n) is 8.35. The quantitative estimate of drug-likeness (QED) is 0.303. The van der Waals surface area contributed by atoms with Gasteiger partial charge in [0.25, 0.3) is 17.7 Å². The first-order valence-corrected chi connectivity index (χ1v) is 15.3. The number of piperidine rings is 1. The number of anilines is 2. The molecule has 3 aliphatic heterocycles. The van der Waals surface area contributed by atoms with Gasteiger partial charge < -0.3 is 10.2 Å². The molecular formula is C32H26BrF3N6O5. The topological polar surface area (TPSA) is 134 Å². The molecule has 0 bridgehead atoms. The Morgan fingerprint density at radius 1 is 1.04 bits per heavy atom. The lowest BCUT2D eigenvalue weighted by molar-refractivity contribution is -0.138. The van der Waals surface area contributed by atoms with E-state index in [9.17, 15) is 37.1 Å². The van der Waals surface area contributed by atoms with Crippen LogP contribution in [0.15, 0.2) is 53.3 Å². The highest BCUT2D eigenvalue weighted by Gasteiger charge is 2.45. The average Bonchev–Trinajstić information content (AvgIpc) is 3.56. The smallest absolute Gasteiger partial charge is 0.369 e. The third-order valence-corrected chi connectivity index (χ3v) is 9.00. The molecule has 1 unspecified atom stereocenters. The Labute approximate surface area is 274 Å². The Bertz CT molecular complexity index is 1920. The van der Waals surface area contributed by atoms with Crippen LogP contribution in [0.1, 0.15) is 58.5 Å². The Morgan fingerprint density at radius 2 is 1.77 bits per heavy atom. The van der Waals surface area contributed by atoms with Gasteiger partial charge in [-0.15, -0.1) is 0 Å². The molecule has 3 aliphatic rings. The highest BCUT2D eigenvalue weighted by Crippen LogP contribution is 2.35. The number of halogens is 4. The lowest BCUT2D eigenvalue weighted by Crippen LogP contribution is -2.54. The van der Waals surface area contributed by atoms with Crippen LogP contribution < -0.4 is 15.5 Å². The molecule has 11 nitrogen and oxygen atoms in total. The van der Waals surface area contributed by atoms with Crippen LogP contribution in [0.4, 0.5) is 24.5 Å². The number of alkyl halides is 3. The Hall–Kier alpha value is -4.97. The minimum absolute atomic E-state index is 0.00256. The molecule has 6 rings (SSSR count). The largest absolute Gasteiger partial charge is 0.416 e. The highest BCUT2D eigenvalue weighted by molar-refractivity contribution is 9.10. The van der Waals surface area contributed by atoms with Gasteiger partial charge in [0.1, 0.15) is 11.6 Å². The molecule has 2 N–H and O–H groups in total. The summed E-state index contributed by atoms with van der Waals surface area (Å²) in [5.74, 6) is 3.51. The standard InChI is InChI=1S/C32H26BrF3N6O5/c1-31(2,30(47)38-24-8-5-19(11-23(24)33)32(34,35)36)41-16-17(13-37-41)3-4-18-14-40(15-18)20-6-7-21-22(12-20)29(46)42(28(21)45)25-9-10-26(43)39-27(25)44/h5-8,11-13,16,18,25H,9-10,14-15H2,1-2H3,(H,38,47)(H,39,43,44). The maximum absolute atomic E-state index is 13.1. The van der Waals surface area contributed by atoms with E-state index in [0.717, 1.165) is 22.7 Å². The molecule has 3 aromatic rings. The van der Waals surface area contributed by atoms with Crippen LogP contribution in [0.25, 0.3) is 0 Å². The third kappa shape index (κ3) is 6.00. The maximum atomic E-state index is 13.1. The van der Waals surface area contributed by atoms with Crippen LogP contribution in [-0.2, 0) is 26.1 Å². The van der Waals surface area contributed by atoms with Gasteiger partial charge in [-0.1, -0.05) is 11.8 Å². The molecule has 0 spiro atoms. The summed E-state index contributed by atoms with van der Waals surface area (Å²) in [7, 11) is 0. The summed E-state index contributed by atoms with van der Waals surface area (Å²) in [6, 6.07) is 6.87. The van der Waals surface area contributed by atoms with E-state index in [1.807, 2.05) is 4.90 Å². The van der Waals surface area contributed by atoms with Gasteiger partial charge in [0.05, 0.1) is 40.1 Å². The van der Waals surface area contributed by atoms with Gasteiger partial charge in [-0.3, -0.25) is 38.9 Å². The second kappa shape index (κ2) is 11.7. The molecule has 0 saturated carbocycles. The summed E-state index contributed by atoms with van der Waals surface area (Å²) in [6.45, 7) is 4.37. The number of aromatic nitrogens is 2. The zero-order valence-electron chi connectivity index (χ0n) is 24.9. The number of fused-ring (bicyclic) bond motifs is 1. The van der Waals surface area contributed by atoms with Crippen LogP contribution in [0.2, 0.25) is 0 Å². The lowest BCUT2D eigenvalue weighted by atomic mass is 9.98. The van der Waals surface area contributed by atoms with Crippen molar-refractivity contribution in [2.24, 2.45) is 5.92 Å². The zero-order valence-corrected chi connectivity index (χ0v) is 26.5. The summed E-state index contributed by atoms with van der Waals surface area (Å²) in [4.78, 5) is 65.9. The van der Waals surface area contributed by atoms with Crippen molar-refractivity contribution < 1.29 is 37.1 Å². The van der Waals surface area contributed by atoms with E-state index < -0.39 is 52.9 Å². The van der Waals surface area contributed by atoms with E-state index in [4.69, 9.17) is 0 Å². The summed E-state index contributed by atoms with van der Waals surface area (Å²) < 4.78 is 40.5. The second-order valence-electron chi connectivity index (χ2n) is 11.9. The molecule has 1 atom stereocenters. The molecule has 2 fully saturated rings. The molecule has 0 radical (unpaired) electrons. The maximum Gasteiger partial charge on any atom is 0.416 e. The number of amides is 5. The van der Waals surface area contributed by atoms with Gasteiger partial charge >= 0.3 is 6.18 Å². The molecule has 2 aromatic carbocycles. The van der Waals surface area contributed by atoms with Crippen molar-refractivity contribution in [1.29, 1.82) is 0 Å². The van der Waals surface area contributed by atoms with Gasteiger partial charge in [0, 0.05) is 35.9 Å². The molecule has 242 valence electrons. The van der Waals surface area contributed by atoms with E-state index in [2.05, 4.69) is 43.5 Å². The first kappa shape index (κ1) is 32.0. The number of imide groups is 2. The predicted octanol–water partition coefficient (Wildman–Crippen LogP) is 3.93. The Kier molecular flexibility index (Phi) is 7.95. The molecule has 0 aliphatic carbocycles. The van der Waals surface area contributed by atoms with E-state index in [1.165, 1.54) is 16.9 Å². The fraction of sp³-hybridized carbons (Fsp3) is 0.312. The van der Waals surface area contributed by atoms with Gasteiger partial charge in [0.15, 0.2) is 0 Å². The van der Waals surface area contributed by atoms with Crippen molar-refractivity contribution in [2.75, 3.05) is 23.3 Å². The van der Waals surface area contributed by atoms with Crippen molar-refractivity contribution in [3.05, 3.63) is 75.5 Å². The molecule has 2 saturated heterocycles. The number of carbonyl (C=O) groups excluding carboxylic acids is 5. The Morgan fingerprint density at radius 3 is 2.45 bits per heavy atom. The summed E-state index contributed by atoms with van der Waals surface area (Å²) in [5, 5.41) is 9.10. The van der Waals surface area contributed by atoms with E-state index >= 15 is 0 Å². The van der Waals surface area contributed by atoms with Crippen LogP contribution in [0.3, 0.4) is 0 Å².